The molecule has 5 atom stereocenters. The zero-order chi connectivity index (χ0) is 36.8. The average molecular weight is 707 g/mol. The van der Waals surface area contributed by atoms with Gasteiger partial charge in [-0.1, -0.05) is 148 Å². The van der Waals surface area contributed by atoms with Crippen molar-refractivity contribution in [3.8, 4) is 0 Å². The van der Waals surface area contributed by atoms with Crippen molar-refractivity contribution in [2.75, 3.05) is 13.2 Å². The van der Waals surface area contributed by atoms with Crippen LogP contribution in [0.5, 0.6) is 0 Å². The van der Waals surface area contributed by atoms with Gasteiger partial charge in [0, 0.05) is 31.1 Å². The first kappa shape index (κ1) is 46.0. The van der Waals surface area contributed by atoms with E-state index in [-0.39, 0.29) is 43.0 Å². The summed E-state index contributed by atoms with van der Waals surface area (Å²) in [6, 6.07) is 0. The van der Waals surface area contributed by atoms with Gasteiger partial charge in [0.1, 0.15) is 12.4 Å². The molecule has 0 aromatic heterocycles. The fraction of sp³-hybridized carbons (Fsp3) is 0.833. The van der Waals surface area contributed by atoms with Crippen molar-refractivity contribution < 1.29 is 39.2 Å². The number of hydrogen-bond donors (Lipinski definition) is 3. The van der Waals surface area contributed by atoms with E-state index in [2.05, 4.69) is 20.8 Å². The highest BCUT2D eigenvalue weighted by molar-refractivity contribution is 5.84. The van der Waals surface area contributed by atoms with Crippen molar-refractivity contribution in [3.63, 3.8) is 0 Å². The first-order valence-corrected chi connectivity index (χ1v) is 20.4. The Labute approximate surface area is 304 Å². The third-order valence-corrected chi connectivity index (χ3v) is 9.79. The van der Waals surface area contributed by atoms with Crippen LogP contribution in [0.4, 0.5) is 0 Å². The second-order valence-electron chi connectivity index (χ2n) is 15.0. The van der Waals surface area contributed by atoms with Crippen LogP contribution in [-0.4, -0.2) is 64.6 Å². The summed E-state index contributed by atoms with van der Waals surface area (Å²) < 4.78 is 10.6. The Balaban J connectivity index is 2.10. The van der Waals surface area contributed by atoms with Gasteiger partial charge in [-0.05, 0) is 38.0 Å². The van der Waals surface area contributed by atoms with Gasteiger partial charge in [0.05, 0.1) is 18.8 Å². The summed E-state index contributed by atoms with van der Waals surface area (Å²) in [6.45, 7) is 6.15. The van der Waals surface area contributed by atoms with Gasteiger partial charge >= 0.3 is 11.9 Å². The number of aliphatic hydroxyl groups excluding tert-OH is 3. The van der Waals surface area contributed by atoms with Gasteiger partial charge in [-0.3, -0.25) is 14.4 Å². The monoisotopic (exact) mass is 707 g/mol. The van der Waals surface area contributed by atoms with Gasteiger partial charge in [-0.15, -0.1) is 0 Å². The molecular weight excluding hydrogens is 632 g/mol. The highest BCUT2D eigenvalue weighted by atomic mass is 16.6. The predicted molar refractivity (Wildman–Crippen MR) is 202 cm³/mol. The van der Waals surface area contributed by atoms with Gasteiger partial charge in [0.15, 0.2) is 6.10 Å². The van der Waals surface area contributed by atoms with Crippen molar-refractivity contribution >= 4 is 17.7 Å². The van der Waals surface area contributed by atoms with Gasteiger partial charge < -0.3 is 24.8 Å². The minimum Gasteiger partial charge on any atom is -0.462 e. The van der Waals surface area contributed by atoms with E-state index in [0.29, 0.717) is 32.1 Å². The molecule has 1 fully saturated rings. The summed E-state index contributed by atoms with van der Waals surface area (Å²) in [5.74, 6) is -0.539. The van der Waals surface area contributed by atoms with Crippen molar-refractivity contribution in [2.24, 2.45) is 17.8 Å². The molecule has 1 aliphatic rings. The smallest absolute Gasteiger partial charge is 0.306 e. The summed E-state index contributed by atoms with van der Waals surface area (Å²) >= 11 is 0. The van der Waals surface area contributed by atoms with Crippen molar-refractivity contribution in [1.82, 2.24) is 0 Å². The van der Waals surface area contributed by atoms with E-state index in [4.69, 9.17) is 9.47 Å². The zero-order valence-electron chi connectivity index (χ0n) is 32.0. The number of ether oxygens (including phenoxy) is 2. The number of rotatable bonds is 32. The molecule has 0 unspecified atom stereocenters. The highest BCUT2D eigenvalue weighted by Crippen LogP contribution is 2.33. The molecule has 8 nitrogen and oxygen atoms in total. The molecule has 3 N–H and O–H groups in total. The van der Waals surface area contributed by atoms with Crippen LogP contribution in [0.2, 0.25) is 0 Å². The first-order chi connectivity index (χ1) is 24.2. The summed E-state index contributed by atoms with van der Waals surface area (Å²) in [4.78, 5) is 36.9. The summed E-state index contributed by atoms with van der Waals surface area (Å²) in [7, 11) is 0. The van der Waals surface area contributed by atoms with E-state index < -0.39 is 30.9 Å². The lowest BCUT2D eigenvalue weighted by atomic mass is 9.90. The number of aliphatic hydroxyl groups is 3. The third-order valence-electron chi connectivity index (χ3n) is 9.79. The van der Waals surface area contributed by atoms with Crippen LogP contribution < -0.4 is 0 Å². The molecule has 1 rings (SSSR count). The molecule has 0 spiro atoms. The molecule has 0 heterocycles. The summed E-state index contributed by atoms with van der Waals surface area (Å²) in [5.41, 5.74) is 0. The number of unbranched alkanes of at least 4 members (excludes halogenated alkanes) is 15. The van der Waals surface area contributed by atoms with Crippen LogP contribution in [0, 0.1) is 17.8 Å². The molecule has 1 aliphatic carbocycles. The molecule has 0 saturated heterocycles. The number of ketones is 1. The second kappa shape index (κ2) is 30.6. The van der Waals surface area contributed by atoms with Crippen LogP contribution in [0.1, 0.15) is 175 Å². The van der Waals surface area contributed by atoms with Crippen LogP contribution >= 0.6 is 0 Å². The normalized spacial score (nSPS) is 19.2. The fourth-order valence-electron chi connectivity index (χ4n) is 6.60. The molecule has 8 heteroatoms. The maximum absolute atomic E-state index is 12.4. The quantitative estimate of drug-likeness (QED) is 0.0359. The van der Waals surface area contributed by atoms with Gasteiger partial charge in [-0.25, -0.2) is 0 Å². The molecular formula is C42H74O8. The summed E-state index contributed by atoms with van der Waals surface area (Å²) in [5, 5.41) is 30.1. The standard InChI is InChI=1S/C42H74O8/c1-4-5-19-25-35(44)29-30-38-37(39(45)31-40(38)46)26-21-17-18-22-27-41(47)49-33-36(32-43)50-42(48)28-23-16-14-12-10-8-6-7-9-11-13-15-20-24-34(2)3/h17,21,29-30,34-38,40,43-44,46H,4-16,18-20,22-28,31-33H2,1-3H3/b21-17-,30-29+/t35-,36-,37+,38+,40+/m0/s1. The Bertz CT molecular complexity index is 929. The van der Waals surface area contributed by atoms with Crippen molar-refractivity contribution in [3.05, 3.63) is 24.3 Å². The van der Waals surface area contributed by atoms with Crippen molar-refractivity contribution in [1.29, 1.82) is 0 Å². The van der Waals surface area contributed by atoms with E-state index in [1.807, 2.05) is 12.2 Å². The maximum atomic E-state index is 12.4. The van der Waals surface area contributed by atoms with Crippen LogP contribution in [0.25, 0.3) is 0 Å². The van der Waals surface area contributed by atoms with E-state index in [1.54, 1.807) is 12.2 Å². The number of hydrogen-bond acceptors (Lipinski definition) is 8. The molecule has 0 aromatic carbocycles. The third kappa shape index (κ3) is 24.2. The molecule has 50 heavy (non-hydrogen) atoms. The number of carbonyl (C=O) groups is 3. The Morgan fingerprint density at radius 2 is 1.38 bits per heavy atom. The Kier molecular flexibility index (Phi) is 28.1. The van der Waals surface area contributed by atoms with E-state index in [0.717, 1.165) is 44.4 Å². The van der Waals surface area contributed by atoms with Gasteiger partial charge in [0.2, 0.25) is 0 Å². The molecule has 1 saturated carbocycles. The molecule has 0 aliphatic heterocycles. The van der Waals surface area contributed by atoms with E-state index in [1.165, 1.54) is 70.6 Å². The molecule has 0 radical (unpaired) electrons. The van der Waals surface area contributed by atoms with Crippen LogP contribution in [-0.2, 0) is 23.9 Å². The zero-order valence-corrected chi connectivity index (χ0v) is 32.0. The molecule has 0 aromatic rings. The molecule has 290 valence electrons. The highest BCUT2D eigenvalue weighted by Gasteiger charge is 2.39. The Hall–Kier alpha value is -2.03. The number of esters is 2. The lowest BCUT2D eigenvalue weighted by molar-refractivity contribution is -0.161. The average Bonchev–Trinajstić information content (AvgIpc) is 3.35. The largest absolute Gasteiger partial charge is 0.462 e. The Morgan fingerprint density at radius 1 is 0.800 bits per heavy atom. The van der Waals surface area contributed by atoms with E-state index >= 15 is 0 Å². The second-order valence-corrected chi connectivity index (χ2v) is 15.0. The molecule has 0 bridgehead atoms. The lowest BCUT2D eigenvalue weighted by Crippen LogP contribution is -2.28. The van der Waals surface area contributed by atoms with Crippen LogP contribution in [0.15, 0.2) is 24.3 Å². The topological polar surface area (TPSA) is 130 Å². The summed E-state index contributed by atoms with van der Waals surface area (Å²) in [6.07, 6.45) is 28.8. The molecule has 0 amide bonds. The minimum atomic E-state index is -0.856. The lowest BCUT2D eigenvalue weighted by Gasteiger charge is -2.16. The first-order valence-electron chi connectivity index (χ1n) is 20.4. The number of carbonyl (C=O) groups excluding carboxylic acids is 3. The SMILES string of the molecule is CCCCC[C@H](O)/C=C/[C@H]1[C@H](O)CC(=O)[C@@H]1C/C=C\CCCC(=O)OC[C@H](CO)OC(=O)CCCCCCCCCCCCCCCC(C)C. The maximum Gasteiger partial charge on any atom is 0.306 e. The van der Waals surface area contributed by atoms with Crippen LogP contribution in [0.3, 0.4) is 0 Å². The van der Waals surface area contributed by atoms with Gasteiger partial charge in [-0.2, -0.15) is 0 Å². The fourth-order valence-corrected chi connectivity index (χ4v) is 6.60. The minimum absolute atomic E-state index is 0.0321. The van der Waals surface area contributed by atoms with E-state index in [9.17, 15) is 29.7 Å². The number of Topliss-reactive ketones (excluding diaryl/α,β-unsaturated/α-hetero) is 1. The van der Waals surface area contributed by atoms with Crippen molar-refractivity contribution in [2.45, 2.75) is 193 Å². The van der Waals surface area contributed by atoms with Gasteiger partial charge in [0.25, 0.3) is 0 Å². The predicted octanol–water partition coefficient (Wildman–Crippen LogP) is 9.12. The Morgan fingerprint density at radius 3 is 1.98 bits per heavy atom. The number of allylic oxidation sites excluding steroid dienone is 2.